The van der Waals surface area contributed by atoms with Gasteiger partial charge in [0.15, 0.2) is 5.82 Å². The molecule has 0 bridgehead atoms. The maximum Gasteiger partial charge on any atom is 0.163 e. The summed E-state index contributed by atoms with van der Waals surface area (Å²) in [6.45, 7) is 0. The van der Waals surface area contributed by atoms with Gasteiger partial charge in [-0.15, -0.1) is 0 Å². The minimum absolute atomic E-state index is 0.0323. The molecule has 3 nitrogen and oxygen atoms in total. The summed E-state index contributed by atoms with van der Waals surface area (Å²) >= 11 is 6.00. The number of nitrogens with zero attached hydrogens (tertiary/aromatic N) is 2. The van der Waals surface area contributed by atoms with Gasteiger partial charge in [0.05, 0.1) is 10.5 Å². The van der Waals surface area contributed by atoms with E-state index in [4.69, 9.17) is 11.6 Å². The van der Waals surface area contributed by atoms with Crippen LogP contribution in [0, 0.1) is 5.82 Å². The molecule has 1 aromatic heterocycles. The normalized spacial score (nSPS) is 10.8. The van der Waals surface area contributed by atoms with E-state index in [1.165, 1.54) is 6.07 Å². The zero-order chi connectivity index (χ0) is 14.1. The SMILES string of the molecule is CNc1nc(-c2cccc(F)c2Cl)nc2ccccc12. The van der Waals surface area contributed by atoms with Crippen LogP contribution < -0.4 is 5.32 Å². The lowest BCUT2D eigenvalue weighted by Gasteiger charge is -2.09. The van der Waals surface area contributed by atoms with Crippen molar-refractivity contribution in [3.63, 3.8) is 0 Å². The molecule has 0 spiro atoms. The van der Waals surface area contributed by atoms with Crippen LogP contribution >= 0.6 is 11.6 Å². The lowest BCUT2D eigenvalue weighted by Crippen LogP contribution is -1.99. The number of nitrogens with one attached hydrogen (secondary N) is 1. The molecule has 0 aliphatic carbocycles. The van der Waals surface area contributed by atoms with Crippen molar-refractivity contribution in [2.75, 3.05) is 12.4 Å². The van der Waals surface area contributed by atoms with Crippen molar-refractivity contribution in [3.8, 4) is 11.4 Å². The molecule has 0 saturated carbocycles. The number of rotatable bonds is 2. The number of aromatic nitrogens is 2. The lowest BCUT2D eigenvalue weighted by molar-refractivity contribution is 0.628. The standard InChI is InChI=1S/C15H11ClFN3/c1-18-14-9-5-2-3-8-12(9)19-15(20-14)10-6-4-7-11(17)13(10)16/h2-8H,1H3,(H,18,19,20). The van der Waals surface area contributed by atoms with E-state index >= 15 is 0 Å². The third-order valence-electron chi connectivity index (χ3n) is 3.03. The second kappa shape index (κ2) is 5.06. The summed E-state index contributed by atoms with van der Waals surface area (Å²) in [6.07, 6.45) is 0. The first-order valence-electron chi connectivity index (χ1n) is 6.09. The molecule has 0 saturated heterocycles. The molecule has 0 radical (unpaired) electrons. The van der Waals surface area contributed by atoms with Gasteiger partial charge < -0.3 is 5.32 Å². The van der Waals surface area contributed by atoms with Crippen molar-refractivity contribution in [1.29, 1.82) is 0 Å². The Labute approximate surface area is 120 Å². The predicted octanol–water partition coefficient (Wildman–Crippen LogP) is 4.13. The van der Waals surface area contributed by atoms with Crippen LogP contribution in [0.25, 0.3) is 22.3 Å². The molecule has 3 aromatic rings. The van der Waals surface area contributed by atoms with Gasteiger partial charge in [0.1, 0.15) is 11.6 Å². The minimum atomic E-state index is -0.480. The van der Waals surface area contributed by atoms with Gasteiger partial charge in [-0.25, -0.2) is 14.4 Å². The Morgan fingerprint density at radius 1 is 1.05 bits per heavy atom. The van der Waals surface area contributed by atoms with Crippen LogP contribution in [0.1, 0.15) is 0 Å². The van der Waals surface area contributed by atoms with Gasteiger partial charge in [-0.05, 0) is 24.3 Å². The van der Waals surface area contributed by atoms with Crippen LogP contribution in [0.15, 0.2) is 42.5 Å². The average Bonchev–Trinajstić information content (AvgIpc) is 2.49. The Balaban J connectivity index is 2.29. The number of hydrogen-bond acceptors (Lipinski definition) is 3. The molecule has 3 rings (SSSR count). The molecule has 0 aliphatic heterocycles. The van der Waals surface area contributed by atoms with Gasteiger partial charge in [0.25, 0.3) is 0 Å². The molecular weight excluding hydrogens is 277 g/mol. The van der Waals surface area contributed by atoms with E-state index in [2.05, 4.69) is 15.3 Å². The molecule has 2 aromatic carbocycles. The highest BCUT2D eigenvalue weighted by Crippen LogP contribution is 2.30. The highest BCUT2D eigenvalue weighted by atomic mass is 35.5. The van der Waals surface area contributed by atoms with Crippen molar-refractivity contribution >= 4 is 28.3 Å². The number of para-hydroxylation sites is 1. The Morgan fingerprint density at radius 2 is 1.85 bits per heavy atom. The van der Waals surface area contributed by atoms with Crippen LogP contribution in [0.3, 0.4) is 0 Å². The van der Waals surface area contributed by atoms with Crippen molar-refractivity contribution in [2.45, 2.75) is 0 Å². The van der Waals surface area contributed by atoms with E-state index < -0.39 is 5.82 Å². The topological polar surface area (TPSA) is 37.8 Å². The zero-order valence-corrected chi connectivity index (χ0v) is 11.4. The molecule has 0 amide bonds. The number of anilines is 1. The zero-order valence-electron chi connectivity index (χ0n) is 10.7. The Morgan fingerprint density at radius 3 is 2.65 bits per heavy atom. The molecule has 5 heteroatoms. The molecule has 100 valence electrons. The monoisotopic (exact) mass is 287 g/mol. The first-order valence-corrected chi connectivity index (χ1v) is 6.47. The second-order valence-electron chi connectivity index (χ2n) is 4.26. The summed E-state index contributed by atoms with van der Waals surface area (Å²) in [5.74, 6) is 0.607. The molecule has 20 heavy (non-hydrogen) atoms. The Bertz CT molecular complexity index is 789. The smallest absolute Gasteiger partial charge is 0.163 e. The van der Waals surface area contributed by atoms with Gasteiger partial charge in [-0.2, -0.15) is 0 Å². The van der Waals surface area contributed by atoms with Crippen LogP contribution in [0.4, 0.5) is 10.2 Å². The van der Waals surface area contributed by atoms with Crippen molar-refractivity contribution in [1.82, 2.24) is 9.97 Å². The van der Waals surface area contributed by atoms with E-state index in [9.17, 15) is 4.39 Å². The molecule has 0 atom stereocenters. The van der Waals surface area contributed by atoms with Gasteiger partial charge in [-0.1, -0.05) is 29.8 Å². The first-order chi connectivity index (χ1) is 9.70. The predicted molar refractivity (Wildman–Crippen MR) is 79.5 cm³/mol. The maximum atomic E-state index is 13.6. The molecule has 0 aliphatic rings. The number of benzene rings is 2. The second-order valence-corrected chi connectivity index (χ2v) is 4.64. The summed E-state index contributed by atoms with van der Waals surface area (Å²) in [5.41, 5.74) is 1.26. The highest BCUT2D eigenvalue weighted by Gasteiger charge is 2.13. The number of halogens is 2. The number of hydrogen-bond donors (Lipinski definition) is 1. The van der Waals surface area contributed by atoms with Crippen molar-refractivity contribution in [3.05, 3.63) is 53.3 Å². The quantitative estimate of drug-likeness (QED) is 0.770. The van der Waals surface area contributed by atoms with Gasteiger partial charge in [0.2, 0.25) is 0 Å². The van der Waals surface area contributed by atoms with E-state index in [0.29, 0.717) is 17.2 Å². The third-order valence-corrected chi connectivity index (χ3v) is 3.42. The Hall–Kier alpha value is -2.20. The fourth-order valence-electron chi connectivity index (χ4n) is 2.06. The van der Waals surface area contributed by atoms with Crippen LogP contribution in [-0.4, -0.2) is 17.0 Å². The third kappa shape index (κ3) is 2.08. The summed E-state index contributed by atoms with van der Waals surface area (Å²) in [7, 11) is 1.78. The van der Waals surface area contributed by atoms with Crippen molar-refractivity contribution < 1.29 is 4.39 Å². The summed E-state index contributed by atoms with van der Waals surface area (Å²) in [4.78, 5) is 8.87. The van der Waals surface area contributed by atoms with Crippen LogP contribution in [0.2, 0.25) is 5.02 Å². The van der Waals surface area contributed by atoms with E-state index in [1.807, 2.05) is 24.3 Å². The number of fused-ring (bicyclic) bond motifs is 1. The molecule has 0 fully saturated rings. The van der Waals surface area contributed by atoms with E-state index in [-0.39, 0.29) is 5.02 Å². The van der Waals surface area contributed by atoms with E-state index in [0.717, 1.165) is 10.9 Å². The lowest BCUT2D eigenvalue weighted by atomic mass is 10.1. The van der Waals surface area contributed by atoms with Crippen LogP contribution in [0.5, 0.6) is 0 Å². The Kier molecular flexibility index (Phi) is 3.24. The summed E-state index contributed by atoms with van der Waals surface area (Å²) < 4.78 is 13.6. The van der Waals surface area contributed by atoms with Gasteiger partial charge in [0, 0.05) is 18.0 Å². The largest absolute Gasteiger partial charge is 0.373 e. The fraction of sp³-hybridized carbons (Fsp3) is 0.0667. The first kappa shape index (κ1) is 12.8. The molecular formula is C15H11ClFN3. The fourth-order valence-corrected chi connectivity index (χ4v) is 2.27. The summed E-state index contributed by atoms with van der Waals surface area (Å²) in [6, 6.07) is 12.2. The average molecular weight is 288 g/mol. The molecule has 0 unspecified atom stereocenters. The van der Waals surface area contributed by atoms with Crippen molar-refractivity contribution in [2.24, 2.45) is 0 Å². The van der Waals surface area contributed by atoms with Gasteiger partial charge in [-0.3, -0.25) is 0 Å². The van der Waals surface area contributed by atoms with Crippen LogP contribution in [-0.2, 0) is 0 Å². The molecule has 1 heterocycles. The highest BCUT2D eigenvalue weighted by molar-refractivity contribution is 6.33. The minimum Gasteiger partial charge on any atom is -0.373 e. The summed E-state index contributed by atoms with van der Waals surface area (Å²) in [5, 5.41) is 3.97. The van der Waals surface area contributed by atoms with Gasteiger partial charge >= 0.3 is 0 Å². The maximum absolute atomic E-state index is 13.6. The van der Waals surface area contributed by atoms with E-state index in [1.54, 1.807) is 19.2 Å². The molecule has 1 N–H and O–H groups in total.